The molecular weight excluding hydrogens is 368 g/mol. The zero-order valence-corrected chi connectivity index (χ0v) is 16.4. The molecule has 0 bridgehead atoms. The molecule has 1 aliphatic heterocycles. The van der Waals surface area contributed by atoms with Crippen molar-refractivity contribution in [1.82, 2.24) is 5.43 Å². The molecule has 3 aromatic rings. The maximum Gasteiger partial charge on any atom is 0.339 e. The number of hydrazone groups is 1. The number of methoxy groups -OCH3 is 1. The highest BCUT2D eigenvalue weighted by atomic mass is 16.5. The molecule has 6 nitrogen and oxygen atoms in total. The zero-order valence-electron chi connectivity index (χ0n) is 16.4. The number of fused-ring (bicyclic) bond motifs is 3. The molecule has 6 heteroatoms. The number of nitrogens with zero attached hydrogens (tertiary/aromatic N) is 1. The third kappa shape index (κ3) is 2.78. The van der Waals surface area contributed by atoms with Crippen molar-refractivity contribution in [2.24, 2.45) is 5.10 Å². The van der Waals surface area contributed by atoms with Crippen LogP contribution in [-0.2, 0) is 12.8 Å². The first kappa shape index (κ1) is 17.8. The Kier molecular flexibility index (Phi) is 4.08. The molecule has 1 aromatic heterocycles. The minimum atomic E-state index is -0.281. The maximum absolute atomic E-state index is 12.2. The predicted octanol–water partition coefficient (Wildman–Crippen LogP) is 3.74. The molecule has 2 heterocycles. The van der Waals surface area contributed by atoms with Crippen LogP contribution in [0, 0.1) is 6.92 Å². The fourth-order valence-corrected chi connectivity index (χ4v) is 4.54. The lowest BCUT2D eigenvalue weighted by atomic mass is 9.93. The van der Waals surface area contributed by atoms with Gasteiger partial charge >= 0.3 is 5.63 Å². The number of phenols is 1. The van der Waals surface area contributed by atoms with Crippen LogP contribution < -0.4 is 15.8 Å². The lowest BCUT2D eigenvalue weighted by Crippen LogP contribution is -2.10. The van der Waals surface area contributed by atoms with E-state index in [1.807, 2.05) is 37.3 Å². The number of aryl methyl sites for hydroxylation is 2. The normalized spacial score (nSPS) is 17.9. The molecule has 29 heavy (non-hydrogen) atoms. The van der Waals surface area contributed by atoms with Gasteiger partial charge in [0, 0.05) is 17.5 Å². The number of rotatable bonds is 3. The van der Waals surface area contributed by atoms with E-state index < -0.39 is 0 Å². The number of benzene rings is 2. The van der Waals surface area contributed by atoms with Crippen LogP contribution in [0.15, 0.2) is 44.6 Å². The molecule has 0 amide bonds. The van der Waals surface area contributed by atoms with E-state index in [4.69, 9.17) is 9.15 Å². The highest BCUT2D eigenvalue weighted by Crippen LogP contribution is 2.39. The highest BCUT2D eigenvalue weighted by Gasteiger charge is 2.28. The highest BCUT2D eigenvalue weighted by molar-refractivity contribution is 6.09. The molecule has 148 valence electrons. The lowest BCUT2D eigenvalue weighted by molar-refractivity contribution is 0.414. The van der Waals surface area contributed by atoms with Crippen molar-refractivity contribution in [2.75, 3.05) is 7.11 Å². The monoisotopic (exact) mass is 390 g/mol. The van der Waals surface area contributed by atoms with E-state index >= 15 is 0 Å². The Morgan fingerprint density at radius 3 is 2.72 bits per heavy atom. The van der Waals surface area contributed by atoms with Crippen molar-refractivity contribution < 1.29 is 14.3 Å². The maximum atomic E-state index is 12.2. The van der Waals surface area contributed by atoms with E-state index in [1.165, 1.54) is 0 Å². The summed E-state index contributed by atoms with van der Waals surface area (Å²) in [6.07, 6.45) is 3.06. The van der Waals surface area contributed by atoms with Gasteiger partial charge < -0.3 is 19.7 Å². The lowest BCUT2D eigenvalue weighted by Gasteiger charge is -2.14. The summed E-state index contributed by atoms with van der Waals surface area (Å²) in [7, 11) is 1.65. The molecule has 0 saturated carbocycles. The molecule has 0 saturated heterocycles. The van der Waals surface area contributed by atoms with E-state index in [0.29, 0.717) is 29.4 Å². The molecule has 2 N–H and O–H groups in total. The second-order valence-electron chi connectivity index (χ2n) is 7.71. The van der Waals surface area contributed by atoms with Gasteiger partial charge in [0.2, 0.25) is 0 Å². The second-order valence-corrected chi connectivity index (χ2v) is 7.71. The van der Waals surface area contributed by atoms with Gasteiger partial charge in [0.05, 0.1) is 24.2 Å². The topological polar surface area (TPSA) is 84.1 Å². The van der Waals surface area contributed by atoms with Crippen LogP contribution in [0.25, 0.3) is 11.0 Å². The van der Waals surface area contributed by atoms with Gasteiger partial charge in [0.1, 0.15) is 17.1 Å². The fraction of sp³-hybridized carbons (Fsp3) is 0.304. The first-order chi connectivity index (χ1) is 14.1. The van der Waals surface area contributed by atoms with Gasteiger partial charge in [-0.05, 0) is 61.1 Å². The summed E-state index contributed by atoms with van der Waals surface area (Å²) in [5.41, 5.74) is 8.46. The van der Waals surface area contributed by atoms with Gasteiger partial charge in [-0.25, -0.2) is 4.79 Å². The summed E-state index contributed by atoms with van der Waals surface area (Å²) < 4.78 is 10.7. The van der Waals surface area contributed by atoms with Gasteiger partial charge in [-0.3, -0.25) is 0 Å². The number of phenolic OH excluding ortho intramolecular Hbond substituents is 1. The minimum absolute atomic E-state index is 0.0322. The largest absolute Gasteiger partial charge is 0.506 e. The van der Waals surface area contributed by atoms with Gasteiger partial charge in [-0.2, -0.15) is 5.10 Å². The number of hydrogen-bond donors (Lipinski definition) is 2. The second kappa shape index (κ2) is 6.65. The van der Waals surface area contributed by atoms with Crippen LogP contribution in [0.4, 0.5) is 0 Å². The number of nitrogens with one attached hydrogen (secondary N) is 1. The summed E-state index contributed by atoms with van der Waals surface area (Å²) in [5.74, 6) is 0.976. The Hall–Kier alpha value is -3.28. The molecule has 1 atom stereocenters. The number of ether oxygens (including phenoxy) is 1. The standard InChI is InChI=1S/C23H22N2O4/c1-12-10-19-21(15-4-3-5-16(15)23(27)29-19)22(26)20(12)18-11-17(24-25-18)13-6-8-14(28-2)9-7-13/h6-10,17,24,26H,3-5,11H2,1-2H3/t17-/m1/s1. The molecule has 0 radical (unpaired) electrons. The number of hydrogen-bond acceptors (Lipinski definition) is 6. The average Bonchev–Trinajstić information content (AvgIpc) is 3.38. The summed E-state index contributed by atoms with van der Waals surface area (Å²) in [4.78, 5) is 12.2. The van der Waals surface area contributed by atoms with E-state index in [9.17, 15) is 9.90 Å². The van der Waals surface area contributed by atoms with Crippen molar-refractivity contribution in [3.8, 4) is 11.5 Å². The predicted molar refractivity (Wildman–Crippen MR) is 111 cm³/mol. The van der Waals surface area contributed by atoms with Crippen LogP contribution in [0.2, 0.25) is 0 Å². The van der Waals surface area contributed by atoms with Crippen LogP contribution in [0.3, 0.4) is 0 Å². The van der Waals surface area contributed by atoms with Crippen LogP contribution in [-0.4, -0.2) is 17.9 Å². The molecule has 2 aliphatic rings. The number of aromatic hydroxyl groups is 1. The third-order valence-corrected chi connectivity index (χ3v) is 5.99. The van der Waals surface area contributed by atoms with Crippen molar-refractivity contribution >= 4 is 16.7 Å². The van der Waals surface area contributed by atoms with Gasteiger partial charge in [0.25, 0.3) is 0 Å². The first-order valence-corrected chi connectivity index (χ1v) is 9.84. The van der Waals surface area contributed by atoms with Crippen LogP contribution in [0.5, 0.6) is 11.5 Å². The van der Waals surface area contributed by atoms with Gasteiger partial charge in [0.15, 0.2) is 0 Å². The summed E-state index contributed by atoms with van der Waals surface area (Å²) >= 11 is 0. The van der Waals surface area contributed by atoms with Crippen LogP contribution >= 0.6 is 0 Å². The Labute approximate surface area is 167 Å². The Morgan fingerprint density at radius 2 is 1.97 bits per heavy atom. The van der Waals surface area contributed by atoms with Gasteiger partial charge in [-0.15, -0.1) is 0 Å². The van der Waals surface area contributed by atoms with E-state index in [2.05, 4.69) is 10.5 Å². The summed E-state index contributed by atoms with van der Waals surface area (Å²) in [6.45, 7) is 1.91. The zero-order chi connectivity index (χ0) is 20.1. The fourth-order valence-electron chi connectivity index (χ4n) is 4.54. The van der Waals surface area contributed by atoms with Gasteiger partial charge in [-0.1, -0.05) is 12.1 Å². The Balaban J connectivity index is 1.55. The molecular formula is C23H22N2O4. The minimum Gasteiger partial charge on any atom is -0.506 e. The Bertz CT molecular complexity index is 1210. The third-order valence-electron chi connectivity index (χ3n) is 5.99. The van der Waals surface area contributed by atoms with Crippen molar-refractivity contribution in [3.63, 3.8) is 0 Å². The molecule has 0 unspecified atom stereocenters. The molecule has 5 rings (SSSR count). The van der Waals surface area contributed by atoms with E-state index in [1.54, 1.807) is 7.11 Å². The summed E-state index contributed by atoms with van der Waals surface area (Å²) in [5, 5.41) is 16.4. The van der Waals surface area contributed by atoms with E-state index in [-0.39, 0.29) is 17.4 Å². The molecule has 0 fully saturated rings. The first-order valence-electron chi connectivity index (χ1n) is 9.84. The van der Waals surface area contributed by atoms with E-state index in [0.717, 1.165) is 46.6 Å². The average molecular weight is 390 g/mol. The van der Waals surface area contributed by atoms with Crippen molar-refractivity contribution in [2.45, 2.75) is 38.6 Å². The molecule has 1 aliphatic carbocycles. The summed E-state index contributed by atoms with van der Waals surface area (Å²) in [6, 6.07) is 9.77. The molecule has 2 aromatic carbocycles. The molecule has 0 spiro atoms. The smallest absolute Gasteiger partial charge is 0.339 e. The van der Waals surface area contributed by atoms with Crippen LogP contribution in [0.1, 0.15) is 46.7 Å². The Morgan fingerprint density at radius 1 is 1.21 bits per heavy atom. The SMILES string of the molecule is COc1ccc([C@H]2CC(c3c(C)cc4oc(=O)c5c(c4c3O)CCC5)=NN2)cc1. The van der Waals surface area contributed by atoms with Crippen molar-refractivity contribution in [1.29, 1.82) is 0 Å². The quantitative estimate of drug-likeness (QED) is 0.666. The van der Waals surface area contributed by atoms with Crippen molar-refractivity contribution in [3.05, 3.63) is 68.6 Å².